The minimum Gasteiger partial charge on any atom is -0.494 e. The van der Waals surface area contributed by atoms with Gasteiger partial charge in [-0.3, -0.25) is 20.4 Å². The number of hydrazine groups is 1. The molecule has 0 aliphatic rings. The number of ether oxygens (including phenoxy) is 2. The maximum atomic E-state index is 12.0. The molecule has 0 saturated carbocycles. The van der Waals surface area contributed by atoms with E-state index in [1.165, 1.54) is 0 Å². The average molecular weight is 342 g/mol. The summed E-state index contributed by atoms with van der Waals surface area (Å²) in [6, 6.07) is 14.3. The van der Waals surface area contributed by atoms with Gasteiger partial charge in [0, 0.05) is 5.56 Å². The number of carbonyl (C=O) groups is 2. The summed E-state index contributed by atoms with van der Waals surface area (Å²) in [5.41, 5.74) is 6.26. The molecule has 0 aliphatic carbocycles. The predicted octanol–water partition coefficient (Wildman–Crippen LogP) is 2.62. The topological polar surface area (TPSA) is 76.7 Å². The van der Waals surface area contributed by atoms with Gasteiger partial charge in [-0.15, -0.1) is 0 Å². The first-order valence-corrected chi connectivity index (χ1v) is 8.10. The van der Waals surface area contributed by atoms with Crippen molar-refractivity contribution < 1.29 is 19.1 Å². The molecule has 0 saturated heterocycles. The lowest BCUT2D eigenvalue weighted by atomic mass is 10.2. The summed E-state index contributed by atoms with van der Waals surface area (Å²) < 4.78 is 10.8. The van der Waals surface area contributed by atoms with E-state index >= 15 is 0 Å². The predicted molar refractivity (Wildman–Crippen MR) is 94.5 cm³/mol. The van der Waals surface area contributed by atoms with Crippen molar-refractivity contribution in [3.8, 4) is 11.5 Å². The van der Waals surface area contributed by atoms with Crippen molar-refractivity contribution in [1.82, 2.24) is 10.9 Å². The standard InChI is InChI=1S/C19H22N2O4/c1-3-24-16-9-7-15(8-10-16)19(23)21-20-18(22)11-12-25-17-6-4-5-14(2)13-17/h4-10,13H,3,11-12H2,1-2H3,(H,20,22)(H,21,23). The van der Waals surface area contributed by atoms with Crippen LogP contribution in [0, 0.1) is 6.92 Å². The second-order valence-electron chi connectivity index (χ2n) is 5.37. The average Bonchev–Trinajstić information content (AvgIpc) is 2.61. The molecule has 132 valence electrons. The summed E-state index contributed by atoms with van der Waals surface area (Å²) in [7, 11) is 0. The SMILES string of the molecule is CCOc1ccc(C(=O)NNC(=O)CCOc2cccc(C)c2)cc1. The third-order valence-electron chi connectivity index (χ3n) is 3.33. The molecular weight excluding hydrogens is 320 g/mol. The lowest BCUT2D eigenvalue weighted by molar-refractivity contribution is -0.122. The van der Waals surface area contributed by atoms with Crippen molar-refractivity contribution in [2.24, 2.45) is 0 Å². The van der Waals surface area contributed by atoms with Crippen LogP contribution in [0.2, 0.25) is 0 Å². The van der Waals surface area contributed by atoms with Crippen LogP contribution in [0.4, 0.5) is 0 Å². The highest BCUT2D eigenvalue weighted by atomic mass is 16.5. The third-order valence-corrected chi connectivity index (χ3v) is 3.33. The fourth-order valence-electron chi connectivity index (χ4n) is 2.10. The van der Waals surface area contributed by atoms with Crippen molar-refractivity contribution in [1.29, 1.82) is 0 Å². The third kappa shape index (κ3) is 6.18. The van der Waals surface area contributed by atoms with Gasteiger partial charge in [0.1, 0.15) is 11.5 Å². The first-order valence-electron chi connectivity index (χ1n) is 8.10. The van der Waals surface area contributed by atoms with E-state index in [0.29, 0.717) is 23.7 Å². The Labute approximate surface area is 147 Å². The number of hydrogen-bond donors (Lipinski definition) is 2. The number of aryl methyl sites for hydroxylation is 1. The van der Waals surface area contributed by atoms with Crippen molar-refractivity contribution in [3.05, 3.63) is 59.7 Å². The number of benzene rings is 2. The van der Waals surface area contributed by atoms with E-state index in [1.54, 1.807) is 24.3 Å². The summed E-state index contributed by atoms with van der Waals surface area (Å²) in [4.78, 5) is 23.7. The maximum Gasteiger partial charge on any atom is 0.269 e. The Hall–Kier alpha value is -3.02. The fraction of sp³-hybridized carbons (Fsp3) is 0.263. The van der Waals surface area contributed by atoms with Gasteiger partial charge in [0.05, 0.1) is 19.6 Å². The van der Waals surface area contributed by atoms with E-state index < -0.39 is 5.91 Å². The molecule has 0 bridgehead atoms. The molecular formula is C19H22N2O4. The molecule has 2 aromatic rings. The Balaban J connectivity index is 1.71. The first kappa shape index (κ1) is 18.3. The highest BCUT2D eigenvalue weighted by molar-refractivity contribution is 5.95. The minimum absolute atomic E-state index is 0.136. The normalized spacial score (nSPS) is 10.0. The highest BCUT2D eigenvalue weighted by Crippen LogP contribution is 2.13. The van der Waals surface area contributed by atoms with Gasteiger partial charge >= 0.3 is 0 Å². The van der Waals surface area contributed by atoms with Gasteiger partial charge in [-0.05, 0) is 55.8 Å². The zero-order chi connectivity index (χ0) is 18.1. The molecule has 2 amide bonds. The zero-order valence-corrected chi connectivity index (χ0v) is 14.4. The Morgan fingerprint density at radius 3 is 2.40 bits per heavy atom. The van der Waals surface area contributed by atoms with Gasteiger partial charge in [-0.2, -0.15) is 0 Å². The molecule has 0 unspecified atom stereocenters. The van der Waals surface area contributed by atoms with E-state index in [-0.39, 0.29) is 18.9 Å². The van der Waals surface area contributed by atoms with Crippen LogP contribution in [-0.2, 0) is 4.79 Å². The molecule has 6 nitrogen and oxygen atoms in total. The number of hydrogen-bond acceptors (Lipinski definition) is 4. The molecule has 0 aromatic heterocycles. The van der Waals surface area contributed by atoms with Crippen molar-refractivity contribution in [3.63, 3.8) is 0 Å². The molecule has 0 aliphatic heterocycles. The molecule has 2 rings (SSSR count). The molecule has 0 fully saturated rings. The van der Waals surface area contributed by atoms with Crippen LogP contribution in [-0.4, -0.2) is 25.0 Å². The number of carbonyl (C=O) groups excluding carboxylic acids is 2. The molecule has 25 heavy (non-hydrogen) atoms. The maximum absolute atomic E-state index is 12.0. The van der Waals surface area contributed by atoms with Crippen molar-refractivity contribution in [2.75, 3.05) is 13.2 Å². The van der Waals surface area contributed by atoms with Crippen LogP contribution < -0.4 is 20.3 Å². The number of amides is 2. The summed E-state index contributed by atoms with van der Waals surface area (Å²) in [5, 5.41) is 0. The zero-order valence-electron chi connectivity index (χ0n) is 14.4. The van der Waals surface area contributed by atoms with Gasteiger partial charge in [0.15, 0.2) is 0 Å². The molecule has 0 atom stereocenters. The van der Waals surface area contributed by atoms with E-state index in [0.717, 1.165) is 5.56 Å². The summed E-state index contributed by atoms with van der Waals surface area (Å²) in [6.45, 7) is 4.65. The quantitative estimate of drug-likeness (QED) is 0.759. The Bertz CT molecular complexity index is 714. The van der Waals surface area contributed by atoms with Crippen LogP contribution in [0.5, 0.6) is 11.5 Å². The minimum atomic E-state index is -0.393. The second-order valence-corrected chi connectivity index (χ2v) is 5.37. The van der Waals surface area contributed by atoms with Crippen molar-refractivity contribution >= 4 is 11.8 Å². The van der Waals surface area contributed by atoms with Crippen LogP contribution in [0.1, 0.15) is 29.3 Å². The second kappa shape index (κ2) is 9.32. The molecule has 6 heteroatoms. The number of nitrogens with one attached hydrogen (secondary N) is 2. The Morgan fingerprint density at radius 1 is 0.960 bits per heavy atom. The van der Waals surface area contributed by atoms with Gasteiger partial charge in [-0.1, -0.05) is 12.1 Å². The molecule has 2 aromatic carbocycles. The van der Waals surface area contributed by atoms with E-state index in [4.69, 9.17) is 9.47 Å². The summed E-state index contributed by atoms with van der Waals surface area (Å²) >= 11 is 0. The largest absolute Gasteiger partial charge is 0.494 e. The van der Waals surface area contributed by atoms with E-state index in [9.17, 15) is 9.59 Å². The van der Waals surface area contributed by atoms with E-state index in [1.807, 2.05) is 38.1 Å². The summed E-state index contributed by atoms with van der Waals surface area (Å²) in [5.74, 6) is 0.686. The van der Waals surface area contributed by atoms with Gasteiger partial charge in [0.25, 0.3) is 5.91 Å². The number of rotatable bonds is 7. The van der Waals surface area contributed by atoms with Gasteiger partial charge in [0.2, 0.25) is 5.91 Å². The Kier molecular flexibility index (Phi) is 6.83. The highest BCUT2D eigenvalue weighted by Gasteiger charge is 2.08. The lowest BCUT2D eigenvalue weighted by Crippen LogP contribution is -2.42. The first-order chi connectivity index (χ1) is 12.1. The van der Waals surface area contributed by atoms with Crippen LogP contribution >= 0.6 is 0 Å². The van der Waals surface area contributed by atoms with Crippen molar-refractivity contribution in [2.45, 2.75) is 20.3 Å². The summed E-state index contributed by atoms with van der Waals surface area (Å²) in [6.07, 6.45) is 0.136. The van der Waals surface area contributed by atoms with Gasteiger partial charge in [-0.25, -0.2) is 0 Å². The van der Waals surface area contributed by atoms with E-state index in [2.05, 4.69) is 10.9 Å². The van der Waals surface area contributed by atoms with Crippen LogP contribution in [0.3, 0.4) is 0 Å². The van der Waals surface area contributed by atoms with Crippen LogP contribution in [0.25, 0.3) is 0 Å². The van der Waals surface area contributed by atoms with Crippen LogP contribution in [0.15, 0.2) is 48.5 Å². The molecule has 0 spiro atoms. The molecule has 0 radical (unpaired) electrons. The smallest absolute Gasteiger partial charge is 0.269 e. The lowest BCUT2D eigenvalue weighted by Gasteiger charge is -2.09. The Morgan fingerprint density at radius 2 is 1.72 bits per heavy atom. The monoisotopic (exact) mass is 342 g/mol. The fourth-order valence-corrected chi connectivity index (χ4v) is 2.10. The molecule has 2 N–H and O–H groups in total. The van der Waals surface area contributed by atoms with Gasteiger partial charge < -0.3 is 9.47 Å². The molecule has 0 heterocycles.